The van der Waals surface area contributed by atoms with Crippen molar-refractivity contribution in [2.75, 3.05) is 0 Å². The standard InChI is InChI=1S/C14H20N4O/c1-8-6-13(12(7-15)9(2)16-8)19-14-10(3)17-18(5)11(14)4/h6H,7,15H2,1-5H3. The molecule has 0 saturated carbocycles. The Kier molecular flexibility index (Phi) is 3.57. The summed E-state index contributed by atoms with van der Waals surface area (Å²) in [5.41, 5.74) is 10.4. The summed E-state index contributed by atoms with van der Waals surface area (Å²) in [6.07, 6.45) is 0. The molecule has 5 nitrogen and oxygen atoms in total. The van der Waals surface area contributed by atoms with Gasteiger partial charge in [-0.25, -0.2) is 0 Å². The second-order valence-corrected chi connectivity index (χ2v) is 4.76. The van der Waals surface area contributed by atoms with Crippen molar-refractivity contribution in [1.29, 1.82) is 0 Å². The van der Waals surface area contributed by atoms with Crippen molar-refractivity contribution in [3.63, 3.8) is 0 Å². The molecule has 0 atom stereocenters. The van der Waals surface area contributed by atoms with Crippen molar-refractivity contribution in [2.45, 2.75) is 34.2 Å². The van der Waals surface area contributed by atoms with Crippen LogP contribution in [0.15, 0.2) is 6.07 Å². The normalized spacial score (nSPS) is 10.8. The lowest BCUT2D eigenvalue weighted by molar-refractivity contribution is 0.466. The van der Waals surface area contributed by atoms with Crippen molar-refractivity contribution < 1.29 is 4.74 Å². The first-order valence-electron chi connectivity index (χ1n) is 6.29. The fourth-order valence-electron chi connectivity index (χ4n) is 2.17. The average Bonchev–Trinajstić information content (AvgIpc) is 2.55. The fourth-order valence-corrected chi connectivity index (χ4v) is 2.17. The number of hydrogen-bond acceptors (Lipinski definition) is 4. The maximum Gasteiger partial charge on any atom is 0.171 e. The van der Waals surface area contributed by atoms with Crippen LogP contribution in [0.3, 0.4) is 0 Å². The van der Waals surface area contributed by atoms with E-state index in [4.69, 9.17) is 10.5 Å². The number of rotatable bonds is 3. The predicted octanol–water partition coefficient (Wildman–Crippen LogP) is 2.30. The SMILES string of the molecule is Cc1cc(Oc2c(C)nn(C)c2C)c(CN)c(C)n1. The Morgan fingerprint density at radius 2 is 1.89 bits per heavy atom. The Balaban J connectivity index is 2.48. The third-order valence-corrected chi connectivity index (χ3v) is 3.28. The summed E-state index contributed by atoms with van der Waals surface area (Å²) in [7, 11) is 1.90. The van der Waals surface area contributed by atoms with E-state index in [0.29, 0.717) is 6.54 Å². The van der Waals surface area contributed by atoms with Crippen molar-refractivity contribution in [1.82, 2.24) is 14.8 Å². The smallest absolute Gasteiger partial charge is 0.171 e. The van der Waals surface area contributed by atoms with E-state index in [1.54, 1.807) is 0 Å². The maximum absolute atomic E-state index is 6.04. The second kappa shape index (κ2) is 5.01. The summed E-state index contributed by atoms with van der Waals surface area (Å²) in [6, 6.07) is 1.92. The van der Waals surface area contributed by atoms with Crippen molar-refractivity contribution >= 4 is 0 Å². The van der Waals surface area contributed by atoms with Crippen LogP contribution in [0.2, 0.25) is 0 Å². The quantitative estimate of drug-likeness (QED) is 0.919. The summed E-state index contributed by atoms with van der Waals surface area (Å²) >= 11 is 0. The molecule has 0 aliphatic carbocycles. The number of hydrogen-bond donors (Lipinski definition) is 1. The molecule has 0 bridgehead atoms. The lowest BCUT2D eigenvalue weighted by Crippen LogP contribution is -2.05. The first-order valence-corrected chi connectivity index (χ1v) is 6.29. The molecule has 0 unspecified atom stereocenters. The molecule has 0 spiro atoms. The molecule has 5 heteroatoms. The highest BCUT2D eigenvalue weighted by atomic mass is 16.5. The lowest BCUT2D eigenvalue weighted by Gasteiger charge is -2.13. The Labute approximate surface area is 113 Å². The molecule has 2 heterocycles. The Morgan fingerprint density at radius 3 is 2.42 bits per heavy atom. The Morgan fingerprint density at radius 1 is 1.21 bits per heavy atom. The summed E-state index contributed by atoms with van der Waals surface area (Å²) in [4.78, 5) is 4.42. The average molecular weight is 260 g/mol. The van der Waals surface area contributed by atoms with Crippen LogP contribution >= 0.6 is 0 Å². The summed E-state index contributed by atoms with van der Waals surface area (Å²) in [6.45, 7) is 8.23. The monoisotopic (exact) mass is 260 g/mol. The van der Waals surface area contributed by atoms with Gasteiger partial charge in [0.25, 0.3) is 0 Å². The van der Waals surface area contributed by atoms with E-state index in [1.165, 1.54) is 0 Å². The van der Waals surface area contributed by atoms with Crippen LogP contribution in [0.5, 0.6) is 11.5 Å². The van der Waals surface area contributed by atoms with E-state index in [-0.39, 0.29) is 0 Å². The number of pyridine rings is 1. The molecule has 2 aromatic rings. The van der Waals surface area contributed by atoms with Gasteiger partial charge < -0.3 is 10.5 Å². The van der Waals surface area contributed by atoms with E-state index >= 15 is 0 Å². The number of aromatic nitrogens is 3. The molecular weight excluding hydrogens is 240 g/mol. The summed E-state index contributed by atoms with van der Waals surface area (Å²) in [5.74, 6) is 1.56. The third kappa shape index (κ3) is 2.46. The van der Waals surface area contributed by atoms with Crippen molar-refractivity contribution in [3.05, 3.63) is 34.4 Å². The van der Waals surface area contributed by atoms with Crippen LogP contribution in [0.25, 0.3) is 0 Å². The molecule has 0 aliphatic heterocycles. The van der Waals surface area contributed by atoms with Gasteiger partial charge in [0.15, 0.2) is 5.75 Å². The Hall–Kier alpha value is -1.88. The van der Waals surface area contributed by atoms with E-state index in [1.807, 2.05) is 45.5 Å². The zero-order valence-corrected chi connectivity index (χ0v) is 12.1. The first kappa shape index (κ1) is 13.5. The summed E-state index contributed by atoms with van der Waals surface area (Å²) < 4.78 is 7.85. The van der Waals surface area contributed by atoms with Gasteiger partial charge in [0.1, 0.15) is 11.4 Å². The summed E-state index contributed by atoms with van der Waals surface area (Å²) in [5, 5.41) is 4.35. The number of nitrogens with two attached hydrogens (primary N) is 1. The number of ether oxygens (including phenoxy) is 1. The van der Waals surface area contributed by atoms with Gasteiger partial charge in [0.05, 0.1) is 5.69 Å². The molecule has 2 N–H and O–H groups in total. The minimum atomic E-state index is 0.410. The topological polar surface area (TPSA) is 66.0 Å². The second-order valence-electron chi connectivity index (χ2n) is 4.76. The number of nitrogens with zero attached hydrogens (tertiary/aromatic N) is 3. The fraction of sp³-hybridized carbons (Fsp3) is 0.429. The van der Waals surface area contributed by atoms with Crippen molar-refractivity contribution in [3.8, 4) is 11.5 Å². The van der Waals surface area contributed by atoms with E-state index < -0.39 is 0 Å². The molecular formula is C14H20N4O. The van der Waals surface area contributed by atoms with Gasteiger partial charge in [0.2, 0.25) is 0 Å². The highest BCUT2D eigenvalue weighted by Crippen LogP contribution is 2.31. The minimum absolute atomic E-state index is 0.410. The van der Waals surface area contributed by atoms with Crippen LogP contribution in [-0.4, -0.2) is 14.8 Å². The number of aryl methyl sites for hydroxylation is 4. The molecule has 0 fully saturated rings. The van der Waals surface area contributed by atoms with Gasteiger partial charge in [-0.3, -0.25) is 9.67 Å². The van der Waals surface area contributed by atoms with E-state index in [2.05, 4.69) is 10.1 Å². The largest absolute Gasteiger partial charge is 0.453 e. The van der Waals surface area contributed by atoms with Crippen LogP contribution in [0.4, 0.5) is 0 Å². The van der Waals surface area contributed by atoms with Gasteiger partial charge in [-0.15, -0.1) is 0 Å². The molecule has 0 amide bonds. The van der Waals surface area contributed by atoms with E-state index in [0.717, 1.165) is 39.8 Å². The highest BCUT2D eigenvalue weighted by Gasteiger charge is 2.15. The zero-order valence-electron chi connectivity index (χ0n) is 12.1. The highest BCUT2D eigenvalue weighted by molar-refractivity contribution is 5.43. The zero-order chi connectivity index (χ0) is 14.2. The van der Waals surface area contributed by atoms with E-state index in [9.17, 15) is 0 Å². The predicted molar refractivity (Wildman–Crippen MR) is 74.4 cm³/mol. The van der Waals surface area contributed by atoms with Crippen LogP contribution in [0, 0.1) is 27.7 Å². The van der Waals surface area contributed by atoms with Crippen LogP contribution in [-0.2, 0) is 13.6 Å². The third-order valence-electron chi connectivity index (χ3n) is 3.28. The molecule has 0 radical (unpaired) electrons. The molecule has 2 aromatic heterocycles. The molecule has 19 heavy (non-hydrogen) atoms. The molecule has 2 rings (SSSR count). The minimum Gasteiger partial charge on any atom is -0.453 e. The van der Waals surface area contributed by atoms with Crippen molar-refractivity contribution in [2.24, 2.45) is 12.8 Å². The maximum atomic E-state index is 6.04. The lowest BCUT2D eigenvalue weighted by atomic mass is 10.1. The van der Waals surface area contributed by atoms with Gasteiger partial charge in [-0.2, -0.15) is 5.10 Å². The van der Waals surface area contributed by atoms with Gasteiger partial charge in [-0.05, 0) is 27.7 Å². The van der Waals surface area contributed by atoms with Crippen LogP contribution < -0.4 is 10.5 Å². The molecule has 0 saturated heterocycles. The molecule has 0 aliphatic rings. The van der Waals surface area contributed by atoms with Crippen LogP contribution in [0.1, 0.15) is 28.3 Å². The molecule has 0 aromatic carbocycles. The Bertz CT molecular complexity index is 616. The molecule has 102 valence electrons. The first-order chi connectivity index (χ1) is 8.93. The van der Waals surface area contributed by atoms with Gasteiger partial charge in [-0.1, -0.05) is 0 Å². The van der Waals surface area contributed by atoms with Gasteiger partial charge in [0, 0.05) is 36.6 Å². The van der Waals surface area contributed by atoms with Gasteiger partial charge >= 0.3 is 0 Å².